The first kappa shape index (κ1) is 18.3. The molecule has 1 aliphatic heterocycles. The first-order valence-corrected chi connectivity index (χ1v) is 8.98. The quantitative estimate of drug-likeness (QED) is 0.635. The third-order valence-electron chi connectivity index (χ3n) is 3.87. The van der Waals surface area contributed by atoms with Crippen LogP contribution in [0, 0.1) is 5.92 Å². The Balaban J connectivity index is 2.53. The Morgan fingerprint density at radius 3 is 2.29 bits per heavy atom. The molecular weight excluding hydrogens is 294 g/mol. The molecule has 0 spiro atoms. The van der Waals surface area contributed by atoms with E-state index in [4.69, 9.17) is 5.11 Å². The number of nitrogens with one attached hydrogen (secondary N) is 1. The fourth-order valence-electron chi connectivity index (χ4n) is 2.45. The number of hydrogen-bond acceptors (Lipinski definition) is 5. The largest absolute Gasteiger partial charge is 0.481 e. The summed E-state index contributed by atoms with van der Waals surface area (Å²) in [6.45, 7) is 8.31. The lowest BCUT2D eigenvalue weighted by Gasteiger charge is -2.39. The van der Waals surface area contributed by atoms with Gasteiger partial charge in [0.15, 0.2) is 0 Å². The Bertz CT molecular complexity index is 431. The highest BCUT2D eigenvalue weighted by atomic mass is 32.2. The summed E-state index contributed by atoms with van der Waals surface area (Å²) in [5, 5.41) is 8.57. The number of carboxylic acid groups (broad SMARTS) is 1. The zero-order valence-electron chi connectivity index (χ0n) is 13.1. The molecular formula is C13H27N3O4S. The van der Waals surface area contributed by atoms with Crippen LogP contribution in [-0.4, -0.2) is 80.9 Å². The van der Waals surface area contributed by atoms with Crippen LogP contribution in [-0.2, 0) is 14.8 Å². The standard InChI is InChI=1S/C13H27N3O4S/c1-11(2)12(16-7-5-15(3)6-8-16)10-14-21(19,20)9-4-13(17)18/h11-12,14H,4-10H2,1-3H3,(H,17,18). The molecule has 1 fully saturated rings. The lowest BCUT2D eigenvalue weighted by Crippen LogP contribution is -2.54. The molecule has 0 aromatic heterocycles. The zero-order chi connectivity index (χ0) is 16.0. The van der Waals surface area contributed by atoms with Crippen LogP contribution in [0.1, 0.15) is 20.3 Å². The van der Waals surface area contributed by atoms with Gasteiger partial charge in [-0.2, -0.15) is 0 Å². The number of hydrogen-bond donors (Lipinski definition) is 2. The van der Waals surface area contributed by atoms with Crippen LogP contribution < -0.4 is 4.72 Å². The van der Waals surface area contributed by atoms with Crippen molar-refractivity contribution in [2.24, 2.45) is 5.92 Å². The van der Waals surface area contributed by atoms with Crippen molar-refractivity contribution >= 4 is 16.0 Å². The van der Waals surface area contributed by atoms with Crippen molar-refractivity contribution in [2.75, 3.05) is 45.5 Å². The summed E-state index contributed by atoms with van der Waals surface area (Å²) in [5.41, 5.74) is 0. The van der Waals surface area contributed by atoms with Crippen molar-refractivity contribution in [3.63, 3.8) is 0 Å². The Morgan fingerprint density at radius 2 is 1.81 bits per heavy atom. The molecule has 1 heterocycles. The van der Waals surface area contributed by atoms with Crippen molar-refractivity contribution in [1.29, 1.82) is 0 Å². The Morgan fingerprint density at radius 1 is 1.24 bits per heavy atom. The predicted octanol–water partition coefficient (Wildman–Crippen LogP) is -0.347. The third kappa shape index (κ3) is 6.73. The number of likely N-dealkylation sites (N-methyl/N-ethyl adjacent to an activating group) is 1. The molecule has 1 atom stereocenters. The van der Waals surface area contributed by atoms with E-state index in [2.05, 4.69) is 35.4 Å². The van der Waals surface area contributed by atoms with E-state index in [1.54, 1.807) is 0 Å². The van der Waals surface area contributed by atoms with Gasteiger partial charge in [0.1, 0.15) is 0 Å². The van der Waals surface area contributed by atoms with E-state index in [0.29, 0.717) is 12.5 Å². The Labute approximate surface area is 127 Å². The molecule has 0 aromatic rings. The number of aliphatic carboxylic acids is 1. The number of nitrogens with zero attached hydrogens (tertiary/aromatic N) is 2. The SMILES string of the molecule is CC(C)C(CNS(=O)(=O)CCC(=O)O)N1CCN(C)CC1. The molecule has 0 aliphatic carbocycles. The second kappa shape index (κ2) is 8.07. The number of carbonyl (C=O) groups is 1. The molecule has 0 bridgehead atoms. The van der Waals surface area contributed by atoms with Crippen LogP contribution in [0.25, 0.3) is 0 Å². The van der Waals surface area contributed by atoms with E-state index < -0.39 is 16.0 Å². The van der Waals surface area contributed by atoms with Gasteiger partial charge in [0.25, 0.3) is 0 Å². The van der Waals surface area contributed by atoms with Gasteiger partial charge in [-0.25, -0.2) is 13.1 Å². The monoisotopic (exact) mass is 321 g/mol. The topological polar surface area (TPSA) is 89.9 Å². The minimum atomic E-state index is -3.52. The highest BCUT2D eigenvalue weighted by molar-refractivity contribution is 7.89. The van der Waals surface area contributed by atoms with Crippen molar-refractivity contribution in [3.05, 3.63) is 0 Å². The smallest absolute Gasteiger partial charge is 0.304 e. The van der Waals surface area contributed by atoms with Crippen molar-refractivity contribution in [1.82, 2.24) is 14.5 Å². The van der Waals surface area contributed by atoms with Gasteiger partial charge in [0, 0.05) is 38.8 Å². The third-order valence-corrected chi connectivity index (χ3v) is 5.22. The van der Waals surface area contributed by atoms with Gasteiger partial charge in [0.05, 0.1) is 12.2 Å². The zero-order valence-corrected chi connectivity index (χ0v) is 13.9. The van der Waals surface area contributed by atoms with Gasteiger partial charge in [-0.15, -0.1) is 0 Å². The van der Waals surface area contributed by atoms with Gasteiger partial charge in [-0.3, -0.25) is 9.69 Å². The molecule has 2 N–H and O–H groups in total. The summed E-state index contributed by atoms with van der Waals surface area (Å²) in [7, 11) is -1.44. The van der Waals surface area contributed by atoms with Gasteiger partial charge in [0.2, 0.25) is 10.0 Å². The van der Waals surface area contributed by atoms with E-state index in [1.165, 1.54) is 0 Å². The highest BCUT2D eigenvalue weighted by Gasteiger charge is 2.26. The fraction of sp³-hybridized carbons (Fsp3) is 0.923. The molecule has 0 amide bonds. The number of sulfonamides is 1. The lowest BCUT2D eigenvalue weighted by molar-refractivity contribution is -0.136. The number of piperazine rings is 1. The van der Waals surface area contributed by atoms with Gasteiger partial charge in [-0.05, 0) is 13.0 Å². The summed E-state index contributed by atoms with van der Waals surface area (Å²) in [5.74, 6) is -1.13. The van der Waals surface area contributed by atoms with Crippen LogP contribution in [0.15, 0.2) is 0 Å². The summed E-state index contributed by atoms with van der Waals surface area (Å²) in [6.07, 6.45) is -0.365. The molecule has 8 heteroatoms. The molecule has 21 heavy (non-hydrogen) atoms. The number of carboxylic acids is 1. The summed E-state index contributed by atoms with van der Waals surface area (Å²) in [4.78, 5) is 15.0. The minimum Gasteiger partial charge on any atom is -0.481 e. The predicted molar refractivity (Wildman–Crippen MR) is 81.7 cm³/mol. The second-order valence-electron chi connectivity index (χ2n) is 5.96. The molecule has 0 radical (unpaired) electrons. The maximum Gasteiger partial charge on any atom is 0.304 e. The maximum absolute atomic E-state index is 11.8. The van der Waals surface area contributed by atoms with Gasteiger partial charge in [-0.1, -0.05) is 13.8 Å². The first-order valence-electron chi connectivity index (χ1n) is 7.33. The van der Waals surface area contributed by atoms with Crippen LogP contribution >= 0.6 is 0 Å². The average Bonchev–Trinajstić information content (AvgIpc) is 2.38. The van der Waals surface area contributed by atoms with E-state index in [0.717, 1.165) is 26.2 Å². The second-order valence-corrected chi connectivity index (χ2v) is 7.89. The molecule has 7 nitrogen and oxygen atoms in total. The van der Waals surface area contributed by atoms with Crippen LogP contribution in [0.2, 0.25) is 0 Å². The van der Waals surface area contributed by atoms with E-state index in [1.807, 2.05) is 0 Å². The summed E-state index contributed by atoms with van der Waals surface area (Å²) >= 11 is 0. The van der Waals surface area contributed by atoms with Crippen LogP contribution in [0.3, 0.4) is 0 Å². The molecule has 124 valence electrons. The normalized spacial score (nSPS) is 19.8. The van der Waals surface area contributed by atoms with E-state index in [9.17, 15) is 13.2 Å². The van der Waals surface area contributed by atoms with Crippen molar-refractivity contribution in [2.45, 2.75) is 26.3 Å². The molecule has 1 unspecified atom stereocenters. The minimum absolute atomic E-state index is 0.137. The van der Waals surface area contributed by atoms with Crippen molar-refractivity contribution in [3.8, 4) is 0 Å². The lowest BCUT2D eigenvalue weighted by atomic mass is 10.0. The Kier molecular flexibility index (Phi) is 7.05. The molecule has 1 aliphatic rings. The summed E-state index contributed by atoms with van der Waals surface area (Å²) < 4.78 is 26.1. The van der Waals surface area contributed by atoms with E-state index in [-0.39, 0.29) is 18.2 Å². The van der Waals surface area contributed by atoms with Crippen molar-refractivity contribution < 1.29 is 18.3 Å². The van der Waals surface area contributed by atoms with Crippen LogP contribution in [0.4, 0.5) is 0 Å². The highest BCUT2D eigenvalue weighted by Crippen LogP contribution is 2.13. The Hall–Kier alpha value is -0.700. The van der Waals surface area contributed by atoms with Crippen LogP contribution in [0.5, 0.6) is 0 Å². The molecule has 0 saturated carbocycles. The number of rotatable bonds is 8. The van der Waals surface area contributed by atoms with Gasteiger partial charge >= 0.3 is 5.97 Å². The summed E-state index contributed by atoms with van der Waals surface area (Å²) in [6, 6.07) is 0.137. The fourth-order valence-corrected chi connectivity index (χ4v) is 3.46. The van der Waals surface area contributed by atoms with E-state index >= 15 is 0 Å². The molecule has 1 rings (SSSR count). The molecule has 1 saturated heterocycles. The molecule has 0 aromatic carbocycles. The maximum atomic E-state index is 11.8. The average molecular weight is 321 g/mol. The first-order chi connectivity index (χ1) is 9.71. The van der Waals surface area contributed by atoms with Gasteiger partial charge < -0.3 is 10.0 Å².